The maximum absolute atomic E-state index is 12.3. The van der Waals surface area contributed by atoms with Crippen LogP contribution < -0.4 is 5.32 Å². The number of piperidine rings is 1. The van der Waals surface area contributed by atoms with Crippen LogP contribution in [0, 0.1) is 6.92 Å². The fraction of sp³-hybridized carbons (Fsp3) is 0.417. The van der Waals surface area contributed by atoms with E-state index in [0.29, 0.717) is 5.76 Å². The Morgan fingerprint density at radius 1 is 1.13 bits per heavy atom. The summed E-state index contributed by atoms with van der Waals surface area (Å²) >= 11 is 0. The molecule has 5 rings (SSSR count). The van der Waals surface area contributed by atoms with Gasteiger partial charge in [-0.15, -0.1) is 0 Å². The number of amides is 1. The largest absolute Gasteiger partial charge is 0.456 e. The maximum Gasteiger partial charge on any atom is 0.287 e. The van der Waals surface area contributed by atoms with Crippen LogP contribution in [0.15, 0.2) is 46.9 Å². The van der Waals surface area contributed by atoms with Crippen LogP contribution in [0.4, 0.5) is 0 Å². The van der Waals surface area contributed by atoms with Crippen molar-refractivity contribution in [2.45, 2.75) is 51.6 Å². The van der Waals surface area contributed by atoms with E-state index in [1.165, 1.54) is 23.4 Å². The van der Waals surface area contributed by atoms with Gasteiger partial charge >= 0.3 is 0 Å². The zero-order chi connectivity index (χ0) is 20.5. The Bertz CT molecular complexity index is 1030. The quantitative estimate of drug-likeness (QED) is 0.705. The first kappa shape index (κ1) is 19.1. The van der Waals surface area contributed by atoms with Gasteiger partial charge in [0, 0.05) is 31.4 Å². The van der Waals surface area contributed by atoms with Crippen molar-refractivity contribution in [3.63, 3.8) is 0 Å². The van der Waals surface area contributed by atoms with Gasteiger partial charge in [0.2, 0.25) is 0 Å². The first-order valence-electron chi connectivity index (χ1n) is 10.9. The molecule has 30 heavy (non-hydrogen) atoms. The SMILES string of the molecule is Cc1ccc(C(=O)NC2CCN(Cc3nn(-c4ccccc4)c4c3CCC4)CC2)o1. The molecule has 0 spiro atoms. The summed E-state index contributed by atoms with van der Waals surface area (Å²) in [6.07, 6.45) is 5.36. The molecule has 3 heterocycles. The standard InChI is InChI=1S/C24H28N4O2/c1-17-10-11-23(30-17)24(29)25-18-12-14-27(15-13-18)16-21-20-8-5-9-22(20)28(26-21)19-6-3-2-4-7-19/h2-4,6-7,10-11,18H,5,8-9,12-16H2,1H3,(H,25,29). The van der Waals surface area contributed by atoms with Crippen molar-refractivity contribution in [1.82, 2.24) is 20.0 Å². The van der Waals surface area contributed by atoms with Crippen LogP contribution in [-0.2, 0) is 19.4 Å². The Kier molecular flexibility index (Phi) is 5.17. The fourth-order valence-corrected chi connectivity index (χ4v) is 4.68. The van der Waals surface area contributed by atoms with E-state index in [9.17, 15) is 4.79 Å². The van der Waals surface area contributed by atoms with Gasteiger partial charge < -0.3 is 9.73 Å². The first-order valence-corrected chi connectivity index (χ1v) is 10.9. The summed E-state index contributed by atoms with van der Waals surface area (Å²) in [7, 11) is 0. The highest BCUT2D eigenvalue weighted by Crippen LogP contribution is 2.29. The zero-order valence-electron chi connectivity index (χ0n) is 17.4. The lowest BCUT2D eigenvalue weighted by Gasteiger charge is -2.31. The number of nitrogens with one attached hydrogen (secondary N) is 1. The van der Waals surface area contributed by atoms with Gasteiger partial charge in [-0.1, -0.05) is 18.2 Å². The Labute approximate surface area is 176 Å². The average Bonchev–Trinajstić information content (AvgIpc) is 3.48. The van der Waals surface area contributed by atoms with E-state index >= 15 is 0 Å². The third-order valence-electron chi connectivity index (χ3n) is 6.27. The Morgan fingerprint density at radius 3 is 2.67 bits per heavy atom. The highest BCUT2D eigenvalue weighted by Gasteiger charge is 2.27. The topological polar surface area (TPSA) is 63.3 Å². The second-order valence-electron chi connectivity index (χ2n) is 8.41. The lowest BCUT2D eigenvalue weighted by Crippen LogP contribution is -2.44. The van der Waals surface area contributed by atoms with E-state index in [4.69, 9.17) is 9.52 Å². The van der Waals surface area contributed by atoms with Crippen LogP contribution in [0.5, 0.6) is 0 Å². The van der Waals surface area contributed by atoms with Gasteiger partial charge in [0.1, 0.15) is 5.76 Å². The Balaban J connectivity index is 1.22. The minimum atomic E-state index is -0.110. The molecule has 0 atom stereocenters. The predicted molar refractivity (Wildman–Crippen MR) is 115 cm³/mol. The molecular weight excluding hydrogens is 376 g/mol. The summed E-state index contributed by atoms with van der Waals surface area (Å²) < 4.78 is 7.58. The molecule has 156 valence electrons. The third-order valence-corrected chi connectivity index (χ3v) is 6.27. The molecule has 0 bridgehead atoms. The molecule has 2 aromatic heterocycles. The summed E-state index contributed by atoms with van der Waals surface area (Å²) in [6.45, 7) is 4.68. The summed E-state index contributed by atoms with van der Waals surface area (Å²) in [5.74, 6) is 1.05. The highest BCUT2D eigenvalue weighted by atomic mass is 16.3. The molecule has 1 aliphatic heterocycles. The van der Waals surface area contributed by atoms with Gasteiger partial charge in [0.25, 0.3) is 5.91 Å². The number of carbonyl (C=O) groups is 1. The summed E-state index contributed by atoms with van der Waals surface area (Å²) in [5.41, 5.74) is 5.20. The number of para-hydroxylation sites is 1. The number of fused-ring (bicyclic) bond motifs is 1. The van der Waals surface area contributed by atoms with Crippen molar-refractivity contribution in [1.29, 1.82) is 0 Å². The minimum absolute atomic E-state index is 0.110. The number of nitrogens with zero attached hydrogens (tertiary/aromatic N) is 3. The lowest BCUT2D eigenvalue weighted by atomic mass is 10.0. The van der Waals surface area contributed by atoms with Crippen LogP contribution in [-0.4, -0.2) is 39.7 Å². The van der Waals surface area contributed by atoms with E-state index in [1.807, 2.05) is 19.1 Å². The lowest BCUT2D eigenvalue weighted by molar-refractivity contribution is 0.0879. The molecule has 2 aliphatic rings. The molecule has 1 amide bonds. The number of furan rings is 1. The second kappa shape index (κ2) is 8.11. The monoisotopic (exact) mass is 404 g/mol. The third kappa shape index (κ3) is 3.79. The molecule has 1 aliphatic carbocycles. The van der Waals surface area contributed by atoms with Gasteiger partial charge in [0.15, 0.2) is 5.76 Å². The average molecular weight is 405 g/mol. The molecule has 0 unspecified atom stereocenters. The summed E-state index contributed by atoms with van der Waals surface area (Å²) in [5, 5.41) is 8.12. The van der Waals surface area contributed by atoms with Crippen molar-refractivity contribution in [2.24, 2.45) is 0 Å². The number of aryl methyl sites for hydroxylation is 1. The number of carbonyl (C=O) groups excluding carboxylic acids is 1. The Hall–Kier alpha value is -2.86. The highest BCUT2D eigenvalue weighted by molar-refractivity contribution is 5.91. The predicted octanol–water partition coefficient (Wildman–Crippen LogP) is 3.66. The van der Waals surface area contributed by atoms with Crippen LogP contribution in [0.3, 0.4) is 0 Å². The smallest absolute Gasteiger partial charge is 0.287 e. The fourth-order valence-electron chi connectivity index (χ4n) is 4.68. The molecule has 1 fully saturated rings. The molecule has 1 saturated heterocycles. The maximum atomic E-state index is 12.3. The van der Waals surface area contributed by atoms with Gasteiger partial charge in [-0.2, -0.15) is 5.10 Å². The van der Waals surface area contributed by atoms with Gasteiger partial charge in [-0.3, -0.25) is 9.69 Å². The van der Waals surface area contributed by atoms with Crippen LogP contribution in [0.1, 0.15) is 52.5 Å². The van der Waals surface area contributed by atoms with E-state index in [-0.39, 0.29) is 11.9 Å². The minimum Gasteiger partial charge on any atom is -0.456 e. The molecule has 3 aromatic rings. The van der Waals surface area contributed by atoms with Gasteiger partial charge in [-0.25, -0.2) is 4.68 Å². The molecule has 1 N–H and O–H groups in total. The Morgan fingerprint density at radius 2 is 1.93 bits per heavy atom. The normalized spacial score (nSPS) is 17.2. The molecular formula is C24H28N4O2. The van der Waals surface area contributed by atoms with E-state index < -0.39 is 0 Å². The van der Waals surface area contributed by atoms with Crippen molar-refractivity contribution in [2.75, 3.05) is 13.1 Å². The van der Waals surface area contributed by atoms with Crippen molar-refractivity contribution in [3.8, 4) is 5.69 Å². The van der Waals surface area contributed by atoms with Crippen LogP contribution in [0.25, 0.3) is 5.69 Å². The number of likely N-dealkylation sites (tertiary alicyclic amines) is 1. The number of hydrogen-bond donors (Lipinski definition) is 1. The van der Waals surface area contributed by atoms with Crippen LogP contribution in [0.2, 0.25) is 0 Å². The second-order valence-corrected chi connectivity index (χ2v) is 8.41. The summed E-state index contributed by atoms with van der Waals surface area (Å²) in [6, 6.07) is 14.2. The van der Waals surface area contributed by atoms with Crippen molar-refractivity contribution >= 4 is 5.91 Å². The molecule has 0 saturated carbocycles. The molecule has 6 heteroatoms. The zero-order valence-corrected chi connectivity index (χ0v) is 17.4. The number of aromatic nitrogens is 2. The van der Waals surface area contributed by atoms with Crippen LogP contribution >= 0.6 is 0 Å². The number of hydrogen-bond acceptors (Lipinski definition) is 4. The van der Waals surface area contributed by atoms with Gasteiger partial charge in [-0.05, 0) is 68.9 Å². The van der Waals surface area contributed by atoms with Gasteiger partial charge in [0.05, 0.1) is 11.4 Å². The van der Waals surface area contributed by atoms with E-state index in [2.05, 4.69) is 39.2 Å². The first-order chi connectivity index (χ1) is 14.7. The van der Waals surface area contributed by atoms with E-state index in [1.54, 1.807) is 6.07 Å². The molecule has 6 nitrogen and oxygen atoms in total. The van der Waals surface area contributed by atoms with E-state index in [0.717, 1.165) is 56.8 Å². The molecule has 1 aromatic carbocycles. The van der Waals surface area contributed by atoms with Crippen molar-refractivity contribution < 1.29 is 9.21 Å². The number of rotatable bonds is 5. The molecule has 0 radical (unpaired) electrons. The van der Waals surface area contributed by atoms with Crippen molar-refractivity contribution in [3.05, 3.63) is 70.9 Å². The summed E-state index contributed by atoms with van der Waals surface area (Å²) in [4.78, 5) is 14.8. The number of benzene rings is 1.